The van der Waals surface area contributed by atoms with Crippen molar-refractivity contribution in [2.45, 2.75) is 43.8 Å². The maximum Gasteiger partial charge on any atom is 0.338 e. The summed E-state index contributed by atoms with van der Waals surface area (Å²) in [6, 6.07) is 19.8. The second kappa shape index (κ2) is 9.87. The fourth-order valence-electron chi connectivity index (χ4n) is 3.44. The van der Waals surface area contributed by atoms with E-state index < -0.39 is 6.04 Å². The SMILES string of the molecule is CC1=C(C(=O)OC(C)C)C(/C=C/c2ccccc2)n2nc(SCc3ccccc3)nc2N1. The minimum absolute atomic E-state index is 0.212. The van der Waals surface area contributed by atoms with Crippen LogP contribution in [0.2, 0.25) is 0 Å². The lowest BCUT2D eigenvalue weighted by molar-refractivity contribution is -0.143. The molecule has 164 valence electrons. The van der Waals surface area contributed by atoms with E-state index in [0.29, 0.717) is 16.7 Å². The van der Waals surface area contributed by atoms with Gasteiger partial charge in [-0.2, -0.15) is 4.98 Å². The van der Waals surface area contributed by atoms with Gasteiger partial charge in [0.1, 0.15) is 6.04 Å². The molecule has 0 saturated heterocycles. The topological polar surface area (TPSA) is 69.0 Å². The Morgan fingerprint density at radius 1 is 1.16 bits per heavy atom. The number of benzene rings is 2. The molecule has 6 nitrogen and oxygen atoms in total. The van der Waals surface area contributed by atoms with Crippen LogP contribution in [0, 0.1) is 0 Å². The molecule has 4 rings (SSSR count). The van der Waals surface area contributed by atoms with Gasteiger partial charge in [-0.3, -0.25) is 0 Å². The Morgan fingerprint density at radius 3 is 2.53 bits per heavy atom. The van der Waals surface area contributed by atoms with Crippen LogP contribution in [0.3, 0.4) is 0 Å². The Morgan fingerprint density at radius 2 is 1.84 bits per heavy atom. The van der Waals surface area contributed by atoms with Crippen molar-refractivity contribution in [2.75, 3.05) is 5.32 Å². The molecule has 1 aliphatic rings. The van der Waals surface area contributed by atoms with E-state index >= 15 is 0 Å². The number of nitrogens with one attached hydrogen (secondary N) is 1. The largest absolute Gasteiger partial charge is 0.459 e. The molecule has 32 heavy (non-hydrogen) atoms. The fourth-order valence-corrected chi connectivity index (χ4v) is 4.23. The number of aromatic nitrogens is 3. The number of carbonyl (C=O) groups excluding carboxylic acids is 1. The second-order valence-corrected chi connectivity index (χ2v) is 8.71. The Labute approximate surface area is 192 Å². The van der Waals surface area contributed by atoms with E-state index in [9.17, 15) is 4.79 Å². The average molecular weight is 447 g/mol. The van der Waals surface area contributed by atoms with Gasteiger partial charge in [-0.15, -0.1) is 5.10 Å². The summed E-state index contributed by atoms with van der Waals surface area (Å²) in [4.78, 5) is 17.6. The van der Waals surface area contributed by atoms with E-state index in [4.69, 9.17) is 9.84 Å². The third kappa shape index (κ3) is 5.11. The zero-order chi connectivity index (χ0) is 22.5. The van der Waals surface area contributed by atoms with Crippen LogP contribution in [0.5, 0.6) is 0 Å². The number of carbonyl (C=O) groups is 1. The normalized spacial score (nSPS) is 15.7. The molecule has 0 fully saturated rings. The molecule has 2 aromatic carbocycles. The summed E-state index contributed by atoms with van der Waals surface area (Å²) in [5.41, 5.74) is 3.50. The minimum atomic E-state index is -0.420. The van der Waals surface area contributed by atoms with Crippen molar-refractivity contribution in [3.05, 3.63) is 89.1 Å². The molecular weight excluding hydrogens is 420 g/mol. The minimum Gasteiger partial charge on any atom is -0.459 e. The molecule has 0 saturated carbocycles. The molecule has 0 radical (unpaired) electrons. The van der Waals surface area contributed by atoms with E-state index in [0.717, 1.165) is 17.0 Å². The van der Waals surface area contributed by atoms with Crippen molar-refractivity contribution in [1.29, 1.82) is 0 Å². The Bertz CT molecular complexity index is 1140. The van der Waals surface area contributed by atoms with Crippen LogP contribution >= 0.6 is 11.8 Å². The van der Waals surface area contributed by atoms with Gasteiger partial charge in [0.05, 0.1) is 11.7 Å². The molecule has 0 spiro atoms. The van der Waals surface area contributed by atoms with Crippen LogP contribution in [0.15, 0.2) is 83.2 Å². The van der Waals surface area contributed by atoms with Crippen molar-refractivity contribution in [2.24, 2.45) is 0 Å². The first-order chi connectivity index (χ1) is 15.5. The van der Waals surface area contributed by atoms with E-state index in [1.165, 1.54) is 5.56 Å². The molecule has 7 heteroatoms. The van der Waals surface area contributed by atoms with E-state index in [-0.39, 0.29) is 12.1 Å². The van der Waals surface area contributed by atoms with E-state index in [1.807, 2.05) is 81.5 Å². The third-order valence-electron chi connectivity index (χ3n) is 4.92. The highest BCUT2D eigenvalue weighted by atomic mass is 32.2. The van der Waals surface area contributed by atoms with Gasteiger partial charge < -0.3 is 10.1 Å². The number of anilines is 1. The van der Waals surface area contributed by atoms with Crippen molar-refractivity contribution < 1.29 is 9.53 Å². The number of thioether (sulfide) groups is 1. The lowest BCUT2D eigenvalue weighted by atomic mass is 10.0. The van der Waals surface area contributed by atoms with Crippen LogP contribution in [-0.4, -0.2) is 26.8 Å². The number of hydrogen-bond acceptors (Lipinski definition) is 6. The molecule has 0 bridgehead atoms. The van der Waals surface area contributed by atoms with Gasteiger partial charge in [0.2, 0.25) is 11.1 Å². The average Bonchev–Trinajstić information content (AvgIpc) is 3.19. The molecule has 1 unspecified atom stereocenters. The van der Waals surface area contributed by atoms with Gasteiger partial charge in [0, 0.05) is 11.4 Å². The van der Waals surface area contributed by atoms with Gasteiger partial charge in [0.15, 0.2) is 0 Å². The fraction of sp³-hybridized carbons (Fsp3) is 0.240. The highest BCUT2D eigenvalue weighted by molar-refractivity contribution is 7.98. The number of allylic oxidation sites excluding steroid dienone is 2. The van der Waals surface area contributed by atoms with E-state index in [2.05, 4.69) is 22.4 Å². The second-order valence-electron chi connectivity index (χ2n) is 7.77. The molecule has 2 heterocycles. The lowest BCUT2D eigenvalue weighted by Crippen LogP contribution is -2.29. The summed E-state index contributed by atoms with van der Waals surface area (Å²) in [6.07, 6.45) is 3.75. The summed E-state index contributed by atoms with van der Waals surface area (Å²) in [5.74, 6) is 1.03. The van der Waals surface area contributed by atoms with Gasteiger partial charge >= 0.3 is 5.97 Å². The van der Waals surface area contributed by atoms with Crippen LogP contribution in [0.1, 0.15) is 37.9 Å². The summed E-state index contributed by atoms with van der Waals surface area (Å²) in [7, 11) is 0. The molecule has 0 amide bonds. The molecule has 3 aromatic rings. The standard InChI is InChI=1S/C25H26N4O2S/c1-17(2)31-23(30)22-18(3)26-24-27-25(32-16-20-12-8-5-9-13-20)28-29(24)21(22)15-14-19-10-6-4-7-11-19/h4-15,17,21H,16H2,1-3H3,(H,26,27,28)/b15-14+. The molecule has 1 aromatic heterocycles. The molecule has 1 N–H and O–H groups in total. The molecule has 1 aliphatic heterocycles. The van der Waals surface area contributed by atoms with E-state index in [1.54, 1.807) is 16.4 Å². The number of ether oxygens (including phenoxy) is 1. The summed E-state index contributed by atoms with van der Waals surface area (Å²) in [5, 5.41) is 8.60. The highest BCUT2D eigenvalue weighted by Gasteiger charge is 2.32. The van der Waals surface area contributed by atoms with Crippen LogP contribution < -0.4 is 5.32 Å². The first-order valence-electron chi connectivity index (χ1n) is 10.6. The lowest BCUT2D eigenvalue weighted by Gasteiger charge is -2.26. The Hall–Kier alpha value is -3.32. The summed E-state index contributed by atoms with van der Waals surface area (Å²) < 4.78 is 7.29. The van der Waals surface area contributed by atoms with Crippen LogP contribution in [0.4, 0.5) is 5.95 Å². The smallest absolute Gasteiger partial charge is 0.338 e. The molecule has 1 atom stereocenters. The summed E-state index contributed by atoms with van der Waals surface area (Å²) >= 11 is 1.56. The number of fused-ring (bicyclic) bond motifs is 1. The maximum absolute atomic E-state index is 12.9. The number of hydrogen-bond donors (Lipinski definition) is 1. The van der Waals surface area contributed by atoms with Crippen LogP contribution in [0.25, 0.3) is 6.08 Å². The third-order valence-corrected chi connectivity index (χ3v) is 5.83. The number of esters is 1. The predicted molar refractivity (Wildman–Crippen MR) is 128 cm³/mol. The Balaban J connectivity index is 1.65. The monoisotopic (exact) mass is 446 g/mol. The van der Waals surface area contributed by atoms with Crippen molar-refractivity contribution in [3.63, 3.8) is 0 Å². The van der Waals surface area contributed by atoms with Gasteiger partial charge in [-0.25, -0.2) is 9.48 Å². The first-order valence-corrected chi connectivity index (χ1v) is 11.5. The molecular formula is C25H26N4O2S. The van der Waals surface area contributed by atoms with Crippen molar-refractivity contribution in [3.8, 4) is 0 Å². The quantitative estimate of drug-likeness (QED) is 0.383. The Kier molecular flexibility index (Phi) is 6.75. The van der Waals surface area contributed by atoms with Gasteiger partial charge in [0.25, 0.3) is 0 Å². The van der Waals surface area contributed by atoms with Gasteiger partial charge in [-0.05, 0) is 31.9 Å². The highest BCUT2D eigenvalue weighted by Crippen LogP contribution is 2.34. The molecule has 0 aliphatic carbocycles. The zero-order valence-corrected chi connectivity index (χ0v) is 19.2. The van der Waals surface area contributed by atoms with Crippen LogP contribution in [-0.2, 0) is 15.3 Å². The first kappa shape index (κ1) is 21.9. The van der Waals surface area contributed by atoms with Crippen molar-refractivity contribution in [1.82, 2.24) is 14.8 Å². The predicted octanol–water partition coefficient (Wildman–Crippen LogP) is 5.48. The summed E-state index contributed by atoms with van der Waals surface area (Å²) in [6.45, 7) is 5.56. The number of rotatable bonds is 7. The van der Waals surface area contributed by atoms with Crippen molar-refractivity contribution >= 4 is 29.8 Å². The van der Waals surface area contributed by atoms with Gasteiger partial charge in [-0.1, -0.05) is 84.6 Å². The maximum atomic E-state index is 12.9. The number of nitrogens with zero attached hydrogens (tertiary/aromatic N) is 3. The zero-order valence-electron chi connectivity index (χ0n) is 18.4.